The Kier molecular flexibility index (Phi) is 8.47. The van der Waals surface area contributed by atoms with Gasteiger partial charge in [0.05, 0.1) is 24.9 Å². The van der Waals surface area contributed by atoms with Gasteiger partial charge in [-0.05, 0) is 48.7 Å². The molecule has 0 heterocycles. The number of carbonyl (C=O) groups is 2. The highest BCUT2D eigenvalue weighted by molar-refractivity contribution is 5.98. The Labute approximate surface area is 195 Å². The van der Waals surface area contributed by atoms with Gasteiger partial charge in [0.25, 0.3) is 5.91 Å². The van der Waals surface area contributed by atoms with Crippen molar-refractivity contribution in [2.24, 2.45) is 5.92 Å². The van der Waals surface area contributed by atoms with Crippen LogP contribution in [0.1, 0.15) is 42.7 Å². The normalized spacial score (nSPS) is 11.5. The molecular formula is C27H31N3O3. The molecule has 0 bridgehead atoms. The Morgan fingerprint density at radius 2 is 1.61 bits per heavy atom. The molecule has 0 aliphatic rings. The van der Waals surface area contributed by atoms with Gasteiger partial charge in [0.2, 0.25) is 5.91 Å². The molecule has 1 atom stereocenters. The third-order valence-corrected chi connectivity index (χ3v) is 4.95. The zero-order chi connectivity index (χ0) is 23.6. The first-order chi connectivity index (χ1) is 15.9. The van der Waals surface area contributed by atoms with Crippen LogP contribution in [0, 0.1) is 5.92 Å². The second-order valence-corrected chi connectivity index (χ2v) is 8.29. The largest absolute Gasteiger partial charge is 0.491 e. The number of hydrogen-bond donors (Lipinski definition) is 3. The van der Waals surface area contributed by atoms with Crippen molar-refractivity contribution in [2.45, 2.75) is 26.8 Å². The highest BCUT2D eigenvalue weighted by Gasteiger charge is 2.13. The number of amides is 2. The molecule has 3 aromatic rings. The molecule has 3 aromatic carbocycles. The van der Waals surface area contributed by atoms with Crippen LogP contribution in [0.3, 0.4) is 0 Å². The Morgan fingerprint density at radius 1 is 0.879 bits per heavy atom. The van der Waals surface area contributed by atoms with Crippen LogP contribution in [0.25, 0.3) is 0 Å². The van der Waals surface area contributed by atoms with Crippen LogP contribution in [0.15, 0.2) is 78.9 Å². The van der Waals surface area contributed by atoms with Crippen molar-refractivity contribution < 1.29 is 14.3 Å². The van der Waals surface area contributed by atoms with Crippen molar-refractivity contribution in [3.63, 3.8) is 0 Å². The van der Waals surface area contributed by atoms with E-state index in [0.717, 1.165) is 11.3 Å². The fourth-order valence-corrected chi connectivity index (χ4v) is 3.22. The molecule has 33 heavy (non-hydrogen) atoms. The van der Waals surface area contributed by atoms with Gasteiger partial charge in [-0.25, -0.2) is 0 Å². The van der Waals surface area contributed by atoms with E-state index in [-0.39, 0.29) is 24.4 Å². The summed E-state index contributed by atoms with van der Waals surface area (Å²) >= 11 is 0. The van der Waals surface area contributed by atoms with E-state index in [4.69, 9.17) is 4.74 Å². The summed E-state index contributed by atoms with van der Waals surface area (Å²) in [5.74, 6) is 0.701. The van der Waals surface area contributed by atoms with E-state index >= 15 is 0 Å². The lowest BCUT2D eigenvalue weighted by atomic mass is 10.1. The molecular weight excluding hydrogens is 414 g/mol. The molecule has 0 fully saturated rings. The second kappa shape index (κ2) is 11.7. The van der Waals surface area contributed by atoms with Crippen LogP contribution in [0.2, 0.25) is 0 Å². The lowest BCUT2D eigenvalue weighted by Crippen LogP contribution is -2.27. The highest BCUT2D eigenvalue weighted by Crippen LogP contribution is 2.24. The lowest BCUT2D eigenvalue weighted by molar-refractivity contribution is -0.114. The molecule has 0 saturated heterocycles. The third-order valence-electron chi connectivity index (χ3n) is 4.95. The first-order valence-electron chi connectivity index (χ1n) is 11.1. The van der Waals surface area contributed by atoms with Crippen LogP contribution >= 0.6 is 0 Å². The summed E-state index contributed by atoms with van der Waals surface area (Å²) in [7, 11) is 0. The number of benzene rings is 3. The maximum Gasteiger partial charge on any atom is 0.251 e. The molecule has 1 unspecified atom stereocenters. The molecule has 2 amide bonds. The predicted octanol–water partition coefficient (Wildman–Crippen LogP) is 5.26. The van der Waals surface area contributed by atoms with Gasteiger partial charge < -0.3 is 20.7 Å². The van der Waals surface area contributed by atoms with Gasteiger partial charge in [-0.2, -0.15) is 0 Å². The van der Waals surface area contributed by atoms with Gasteiger partial charge in [-0.15, -0.1) is 0 Å². The molecule has 0 aliphatic carbocycles. The maximum absolute atomic E-state index is 12.7. The van der Waals surface area contributed by atoms with E-state index < -0.39 is 0 Å². The second-order valence-electron chi connectivity index (χ2n) is 8.29. The lowest BCUT2D eigenvalue weighted by Gasteiger charge is -2.15. The van der Waals surface area contributed by atoms with Crippen molar-refractivity contribution in [3.05, 3.63) is 90.0 Å². The number of anilines is 2. The molecule has 3 rings (SSSR count). The van der Waals surface area contributed by atoms with E-state index in [1.54, 1.807) is 24.3 Å². The van der Waals surface area contributed by atoms with Crippen molar-refractivity contribution in [1.82, 2.24) is 5.32 Å². The summed E-state index contributed by atoms with van der Waals surface area (Å²) < 4.78 is 5.82. The quantitative estimate of drug-likeness (QED) is 0.398. The van der Waals surface area contributed by atoms with Crippen molar-refractivity contribution in [2.75, 3.05) is 23.8 Å². The summed E-state index contributed by atoms with van der Waals surface area (Å²) in [6.45, 7) is 6.78. The van der Waals surface area contributed by atoms with Crippen molar-refractivity contribution >= 4 is 23.2 Å². The minimum atomic E-state index is -0.219. The first kappa shape index (κ1) is 23.9. The van der Waals surface area contributed by atoms with E-state index in [9.17, 15) is 9.59 Å². The van der Waals surface area contributed by atoms with E-state index in [2.05, 4.69) is 29.8 Å². The van der Waals surface area contributed by atoms with Crippen LogP contribution < -0.4 is 20.7 Å². The molecule has 172 valence electrons. The summed E-state index contributed by atoms with van der Waals surface area (Å²) in [5, 5.41) is 8.95. The Bertz CT molecular complexity index is 1070. The number of rotatable bonds is 10. The maximum atomic E-state index is 12.7. The summed E-state index contributed by atoms with van der Waals surface area (Å²) in [6, 6.07) is 24.1. The van der Waals surface area contributed by atoms with Crippen LogP contribution in [0.5, 0.6) is 5.75 Å². The highest BCUT2D eigenvalue weighted by atomic mass is 16.5. The zero-order valence-corrected chi connectivity index (χ0v) is 19.3. The molecule has 0 saturated carbocycles. The van der Waals surface area contributed by atoms with E-state index in [0.29, 0.717) is 29.5 Å². The smallest absolute Gasteiger partial charge is 0.251 e. The van der Waals surface area contributed by atoms with Gasteiger partial charge >= 0.3 is 0 Å². The fourth-order valence-electron chi connectivity index (χ4n) is 3.22. The van der Waals surface area contributed by atoms with Gasteiger partial charge in [-0.1, -0.05) is 62.4 Å². The summed E-state index contributed by atoms with van der Waals surface area (Å²) in [6.07, 6.45) is 0. The van der Waals surface area contributed by atoms with Crippen LogP contribution in [-0.2, 0) is 4.79 Å². The molecule has 3 N–H and O–H groups in total. The average Bonchev–Trinajstić information content (AvgIpc) is 2.82. The average molecular weight is 446 g/mol. The summed E-state index contributed by atoms with van der Waals surface area (Å²) in [5.41, 5.74) is 2.83. The van der Waals surface area contributed by atoms with Crippen molar-refractivity contribution in [3.8, 4) is 5.75 Å². The topological polar surface area (TPSA) is 79.5 Å². The van der Waals surface area contributed by atoms with Gasteiger partial charge in [-0.3, -0.25) is 9.59 Å². The number of para-hydroxylation sites is 2. The number of hydrogen-bond acceptors (Lipinski definition) is 4. The van der Waals surface area contributed by atoms with E-state index in [1.807, 2.05) is 61.5 Å². The molecule has 6 heteroatoms. The minimum absolute atomic E-state index is 0.0729. The third kappa shape index (κ3) is 7.38. The number of ether oxygens (including phenoxy) is 1. The predicted molar refractivity (Wildman–Crippen MR) is 133 cm³/mol. The van der Waals surface area contributed by atoms with Crippen molar-refractivity contribution in [1.29, 1.82) is 0 Å². The number of nitrogens with one attached hydrogen (secondary N) is 3. The standard InChI is InChI=1S/C27H31N3O3/c1-19(2)18-33-25-15-8-7-14-24(25)28-17-26(31)30-23-13-9-12-22(16-23)27(32)29-20(3)21-10-5-4-6-11-21/h4-16,19-20,28H,17-18H2,1-3H3,(H,29,32)(H,30,31). The van der Waals surface area contributed by atoms with Crippen LogP contribution in [-0.4, -0.2) is 25.0 Å². The molecule has 0 radical (unpaired) electrons. The zero-order valence-electron chi connectivity index (χ0n) is 19.3. The molecule has 0 aliphatic heterocycles. The Hall–Kier alpha value is -3.80. The molecule has 0 spiro atoms. The first-order valence-corrected chi connectivity index (χ1v) is 11.1. The number of carbonyl (C=O) groups excluding carboxylic acids is 2. The minimum Gasteiger partial charge on any atom is -0.491 e. The fraction of sp³-hybridized carbons (Fsp3) is 0.259. The molecule has 0 aromatic heterocycles. The monoisotopic (exact) mass is 445 g/mol. The molecule has 6 nitrogen and oxygen atoms in total. The SMILES string of the molecule is CC(C)COc1ccccc1NCC(=O)Nc1cccc(C(=O)NC(C)c2ccccc2)c1. The van der Waals surface area contributed by atoms with Crippen LogP contribution in [0.4, 0.5) is 11.4 Å². The summed E-state index contributed by atoms with van der Waals surface area (Å²) in [4.78, 5) is 25.2. The van der Waals surface area contributed by atoms with E-state index in [1.165, 1.54) is 0 Å². The Balaban J connectivity index is 1.56. The van der Waals surface area contributed by atoms with Gasteiger partial charge in [0.15, 0.2) is 0 Å². The Morgan fingerprint density at radius 3 is 2.36 bits per heavy atom. The van der Waals surface area contributed by atoms with Gasteiger partial charge in [0.1, 0.15) is 5.75 Å². The van der Waals surface area contributed by atoms with Gasteiger partial charge in [0, 0.05) is 11.3 Å².